The van der Waals surface area contributed by atoms with Gasteiger partial charge in [-0.15, -0.1) is 0 Å². The molecule has 0 unspecified atom stereocenters. The Bertz CT molecular complexity index is 708. The maximum Gasteiger partial charge on any atom is 0.244 e. The molecule has 6 nitrogen and oxygen atoms in total. The first-order valence-corrected chi connectivity index (χ1v) is 7.26. The van der Waals surface area contributed by atoms with E-state index in [1.165, 1.54) is 6.08 Å². The zero-order valence-corrected chi connectivity index (χ0v) is 12.9. The highest BCUT2D eigenvalue weighted by Gasteiger charge is 2.03. The monoisotopic (exact) mass is 313 g/mol. The topological polar surface area (TPSA) is 80.3 Å². The van der Waals surface area contributed by atoms with E-state index in [2.05, 4.69) is 15.6 Å². The third-order valence-corrected chi connectivity index (χ3v) is 3.13. The van der Waals surface area contributed by atoms with Gasteiger partial charge in [-0.2, -0.15) is 0 Å². The molecule has 0 atom stereocenters. The van der Waals surface area contributed by atoms with Gasteiger partial charge in [0.25, 0.3) is 0 Å². The van der Waals surface area contributed by atoms with Crippen LogP contribution in [-0.4, -0.2) is 43.6 Å². The van der Waals surface area contributed by atoms with Gasteiger partial charge >= 0.3 is 0 Å². The van der Waals surface area contributed by atoms with Gasteiger partial charge in [0.2, 0.25) is 11.8 Å². The lowest BCUT2D eigenvalue weighted by Gasteiger charge is -2.05. The number of pyridine rings is 1. The minimum Gasteiger partial charge on any atom is -0.383 e. The van der Waals surface area contributed by atoms with Crippen LogP contribution in [0.4, 0.5) is 0 Å². The van der Waals surface area contributed by atoms with Crippen LogP contribution in [0.25, 0.3) is 17.0 Å². The highest BCUT2D eigenvalue weighted by molar-refractivity contribution is 5.96. The van der Waals surface area contributed by atoms with E-state index in [-0.39, 0.29) is 18.4 Å². The number of hydrogen-bond acceptors (Lipinski definition) is 4. The molecule has 2 rings (SSSR count). The van der Waals surface area contributed by atoms with Gasteiger partial charge in [0.1, 0.15) is 0 Å². The molecule has 0 radical (unpaired) electrons. The highest BCUT2D eigenvalue weighted by atomic mass is 16.5. The molecule has 0 saturated heterocycles. The maximum atomic E-state index is 11.8. The number of fused-ring (bicyclic) bond motifs is 1. The summed E-state index contributed by atoms with van der Waals surface area (Å²) in [6, 6.07) is 9.58. The van der Waals surface area contributed by atoms with Crippen LogP contribution >= 0.6 is 0 Å². The highest BCUT2D eigenvalue weighted by Crippen LogP contribution is 2.16. The Labute approximate surface area is 134 Å². The van der Waals surface area contributed by atoms with E-state index in [4.69, 9.17) is 4.74 Å². The van der Waals surface area contributed by atoms with E-state index >= 15 is 0 Å². The zero-order chi connectivity index (χ0) is 16.5. The number of hydrogen-bond donors (Lipinski definition) is 2. The van der Waals surface area contributed by atoms with Crippen molar-refractivity contribution in [3.63, 3.8) is 0 Å². The van der Waals surface area contributed by atoms with Gasteiger partial charge in [-0.25, -0.2) is 0 Å². The Morgan fingerprint density at radius 2 is 2.04 bits per heavy atom. The van der Waals surface area contributed by atoms with Crippen molar-refractivity contribution in [2.45, 2.75) is 0 Å². The molecule has 0 saturated carbocycles. The molecule has 23 heavy (non-hydrogen) atoms. The molecule has 0 aliphatic carbocycles. The fraction of sp³-hybridized carbons (Fsp3) is 0.235. The molecular weight excluding hydrogens is 294 g/mol. The second kappa shape index (κ2) is 8.65. The van der Waals surface area contributed by atoms with Crippen LogP contribution in [0.3, 0.4) is 0 Å². The normalized spacial score (nSPS) is 10.8. The average molecular weight is 313 g/mol. The first-order valence-electron chi connectivity index (χ1n) is 7.26. The number of carbonyl (C=O) groups is 2. The number of para-hydroxylation sites is 1. The first-order chi connectivity index (χ1) is 11.2. The van der Waals surface area contributed by atoms with E-state index in [0.29, 0.717) is 13.2 Å². The molecule has 1 aromatic carbocycles. The summed E-state index contributed by atoms with van der Waals surface area (Å²) in [5.74, 6) is -0.588. The number of benzene rings is 1. The summed E-state index contributed by atoms with van der Waals surface area (Å²) in [6.07, 6.45) is 4.80. The molecule has 0 fully saturated rings. The van der Waals surface area contributed by atoms with Crippen LogP contribution in [0.5, 0.6) is 0 Å². The number of rotatable bonds is 7. The van der Waals surface area contributed by atoms with Crippen LogP contribution in [-0.2, 0) is 14.3 Å². The van der Waals surface area contributed by atoms with Crippen LogP contribution in [0, 0.1) is 0 Å². The van der Waals surface area contributed by atoms with Crippen LogP contribution in [0.1, 0.15) is 5.56 Å². The van der Waals surface area contributed by atoms with Crippen molar-refractivity contribution < 1.29 is 14.3 Å². The Balaban J connectivity index is 1.89. The van der Waals surface area contributed by atoms with Gasteiger partial charge in [-0.05, 0) is 12.1 Å². The number of carbonyl (C=O) groups excluding carboxylic acids is 2. The van der Waals surface area contributed by atoms with Gasteiger partial charge < -0.3 is 15.4 Å². The van der Waals surface area contributed by atoms with Gasteiger partial charge in [-0.3, -0.25) is 14.6 Å². The number of aromatic nitrogens is 1. The van der Waals surface area contributed by atoms with Crippen LogP contribution in [0.15, 0.2) is 42.6 Å². The largest absolute Gasteiger partial charge is 0.383 e. The van der Waals surface area contributed by atoms with Gasteiger partial charge in [0.15, 0.2) is 0 Å². The lowest BCUT2D eigenvalue weighted by atomic mass is 10.1. The lowest BCUT2D eigenvalue weighted by molar-refractivity contribution is -0.124. The summed E-state index contributed by atoms with van der Waals surface area (Å²) < 4.78 is 4.82. The van der Waals surface area contributed by atoms with Crippen molar-refractivity contribution >= 4 is 28.8 Å². The fourth-order valence-corrected chi connectivity index (χ4v) is 2.01. The predicted molar refractivity (Wildman–Crippen MR) is 88.7 cm³/mol. The molecule has 2 amide bonds. The molecule has 0 bridgehead atoms. The van der Waals surface area contributed by atoms with Crippen molar-refractivity contribution in [3.8, 4) is 0 Å². The molecule has 0 aliphatic rings. The molecule has 2 N–H and O–H groups in total. The summed E-state index contributed by atoms with van der Waals surface area (Å²) in [6.45, 7) is 0.789. The van der Waals surface area contributed by atoms with E-state index in [1.807, 2.05) is 30.3 Å². The summed E-state index contributed by atoms with van der Waals surface area (Å²) >= 11 is 0. The smallest absolute Gasteiger partial charge is 0.244 e. The fourth-order valence-electron chi connectivity index (χ4n) is 2.01. The van der Waals surface area contributed by atoms with E-state index < -0.39 is 0 Å². The van der Waals surface area contributed by atoms with Gasteiger partial charge in [0, 0.05) is 36.9 Å². The maximum absolute atomic E-state index is 11.8. The molecule has 120 valence electrons. The van der Waals surface area contributed by atoms with Crippen molar-refractivity contribution in [1.82, 2.24) is 15.6 Å². The Morgan fingerprint density at radius 3 is 2.87 bits per heavy atom. The van der Waals surface area contributed by atoms with Crippen LogP contribution < -0.4 is 10.6 Å². The number of nitrogens with zero attached hydrogens (tertiary/aromatic N) is 1. The minimum atomic E-state index is -0.333. The quantitative estimate of drug-likeness (QED) is 0.593. The molecule has 0 spiro atoms. The SMILES string of the molecule is COCCNC(=O)CNC(=O)/C=C/c1cccc2cccnc12. The van der Waals surface area contributed by atoms with Crippen molar-refractivity contribution in [1.29, 1.82) is 0 Å². The second-order valence-electron chi connectivity index (χ2n) is 4.82. The molecule has 1 aromatic heterocycles. The van der Waals surface area contributed by atoms with Gasteiger partial charge in [-0.1, -0.05) is 24.3 Å². The summed E-state index contributed by atoms with van der Waals surface area (Å²) in [5.41, 5.74) is 1.68. The molecular formula is C17H19N3O3. The summed E-state index contributed by atoms with van der Waals surface area (Å²) in [5, 5.41) is 6.16. The third kappa shape index (κ3) is 5.19. The number of amides is 2. The van der Waals surface area contributed by atoms with E-state index in [0.717, 1.165) is 16.5 Å². The molecule has 0 aliphatic heterocycles. The Kier molecular flexibility index (Phi) is 6.26. The Hall–Kier alpha value is -2.73. The summed E-state index contributed by atoms with van der Waals surface area (Å²) in [4.78, 5) is 27.5. The number of ether oxygens (including phenoxy) is 1. The van der Waals surface area contributed by atoms with Crippen molar-refractivity contribution in [2.75, 3.05) is 26.8 Å². The Morgan fingerprint density at radius 1 is 1.22 bits per heavy atom. The molecule has 6 heteroatoms. The minimum absolute atomic E-state index is 0.0688. The van der Waals surface area contributed by atoms with Crippen molar-refractivity contribution in [3.05, 3.63) is 48.2 Å². The molecule has 1 heterocycles. The number of methoxy groups -OCH3 is 1. The van der Waals surface area contributed by atoms with E-state index in [1.54, 1.807) is 19.4 Å². The second-order valence-corrected chi connectivity index (χ2v) is 4.82. The third-order valence-electron chi connectivity index (χ3n) is 3.13. The number of nitrogens with one attached hydrogen (secondary N) is 2. The first kappa shape index (κ1) is 16.6. The predicted octanol–water partition coefficient (Wildman–Crippen LogP) is 1.13. The average Bonchev–Trinajstić information content (AvgIpc) is 2.58. The van der Waals surface area contributed by atoms with E-state index in [9.17, 15) is 9.59 Å². The van der Waals surface area contributed by atoms with Crippen molar-refractivity contribution in [2.24, 2.45) is 0 Å². The van der Waals surface area contributed by atoms with Gasteiger partial charge in [0.05, 0.1) is 18.7 Å². The van der Waals surface area contributed by atoms with Crippen LogP contribution in [0.2, 0.25) is 0 Å². The standard InChI is InChI=1S/C17H19N3O3/c1-23-11-10-18-16(22)12-20-15(21)8-7-14-5-2-4-13-6-3-9-19-17(13)14/h2-9H,10-12H2,1H3,(H,18,22)(H,20,21)/b8-7+. The summed E-state index contributed by atoms with van der Waals surface area (Å²) in [7, 11) is 1.56. The zero-order valence-electron chi connectivity index (χ0n) is 12.9. The lowest BCUT2D eigenvalue weighted by Crippen LogP contribution is -2.37. The molecule has 2 aromatic rings.